The molecule has 0 aliphatic heterocycles. The highest BCUT2D eigenvalue weighted by molar-refractivity contribution is 6.31. The number of hydrogen-bond donors (Lipinski definition) is 1. The van der Waals surface area contributed by atoms with Gasteiger partial charge in [0.05, 0.1) is 12.8 Å². The van der Waals surface area contributed by atoms with Gasteiger partial charge in [0.25, 0.3) is 0 Å². The van der Waals surface area contributed by atoms with Crippen molar-refractivity contribution in [2.24, 2.45) is 0 Å². The Balaban J connectivity index is 2.28. The number of methoxy groups -OCH3 is 1. The molecule has 0 saturated carbocycles. The molecule has 2 N–H and O–H groups in total. The predicted octanol–water partition coefficient (Wildman–Crippen LogP) is 3.66. The largest absolute Gasteiger partial charge is 0.495 e. The van der Waals surface area contributed by atoms with Crippen LogP contribution in [-0.4, -0.2) is 12.9 Å². The van der Waals surface area contributed by atoms with Gasteiger partial charge in [-0.05, 0) is 36.2 Å². The number of aryl methyl sites for hydroxylation is 1. The van der Waals surface area contributed by atoms with Gasteiger partial charge < -0.3 is 10.5 Å². The summed E-state index contributed by atoms with van der Waals surface area (Å²) in [6.07, 6.45) is 0.219. The molecule has 0 bridgehead atoms. The summed E-state index contributed by atoms with van der Waals surface area (Å²) in [5, 5.41) is 0.597. The number of carbonyl (C=O) groups excluding carboxylic acids is 1. The van der Waals surface area contributed by atoms with Gasteiger partial charge in [-0.1, -0.05) is 29.8 Å². The van der Waals surface area contributed by atoms with E-state index in [9.17, 15) is 4.79 Å². The molecule has 0 spiro atoms. The lowest BCUT2D eigenvalue weighted by atomic mass is 10.0. The van der Waals surface area contributed by atoms with Gasteiger partial charge >= 0.3 is 0 Å². The summed E-state index contributed by atoms with van der Waals surface area (Å²) in [6, 6.07) is 10.8. The summed E-state index contributed by atoms with van der Waals surface area (Å²) < 4.78 is 5.12. The number of Topliss-reactive ketones (excluding diaryl/α,β-unsaturated/α-hetero) is 1. The van der Waals surface area contributed by atoms with Crippen molar-refractivity contribution in [3.05, 3.63) is 58.1 Å². The molecular formula is C16H16ClNO2. The molecule has 0 aromatic heterocycles. The lowest BCUT2D eigenvalue weighted by Gasteiger charge is -2.10. The lowest BCUT2D eigenvalue weighted by molar-refractivity contribution is 0.0993. The van der Waals surface area contributed by atoms with Gasteiger partial charge in [-0.25, -0.2) is 0 Å². The van der Waals surface area contributed by atoms with Crippen LogP contribution in [0.15, 0.2) is 36.4 Å². The van der Waals surface area contributed by atoms with E-state index in [0.717, 1.165) is 11.1 Å². The van der Waals surface area contributed by atoms with E-state index in [4.69, 9.17) is 22.1 Å². The zero-order valence-electron chi connectivity index (χ0n) is 11.4. The molecule has 0 fully saturated rings. The highest BCUT2D eigenvalue weighted by atomic mass is 35.5. The summed E-state index contributed by atoms with van der Waals surface area (Å²) >= 11 is 6.15. The first-order valence-corrected chi connectivity index (χ1v) is 6.61. The first kappa shape index (κ1) is 14.4. The number of para-hydroxylation sites is 1. The number of rotatable bonds is 4. The molecule has 2 aromatic rings. The Morgan fingerprint density at radius 2 is 2.05 bits per heavy atom. The molecular weight excluding hydrogens is 274 g/mol. The third kappa shape index (κ3) is 2.94. The number of hydrogen-bond acceptors (Lipinski definition) is 3. The third-order valence-corrected chi connectivity index (χ3v) is 3.50. The van der Waals surface area contributed by atoms with Gasteiger partial charge in [0.15, 0.2) is 5.78 Å². The van der Waals surface area contributed by atoms with Crippen molar-refractivity contribution < 1.29 is 9.53 Å². The quantitative estimate of drug-likeness (QED) is 0.690. The van der Waals surface area contributed by atoms with Crippen LogP contribution >= 0.6 is 11.6 Å². The molecule has 0 aliphatic rings. The van der Waals surface area contributed by atoms with Gasteiger partial charge in [-0.15, -0.1) is 0 Å². The second-order valence-electron chi connectivity index (χ2n) is 4.62. The molecule has 0 heterocycles. The van der Waals surface area contributed by atoms with Crippen LogP contribution in [0.2, 0.25) is 5.02 Å². The second kappa shape index (κ2) is 5.97. The van der Waals surface area contributed by atoms with Crippen molar-refractivity contribution in [3.63, 3.8) is 0 Å². The average Bonchev–Trinajstić information content (AvgIpc) is 2.42. The molecule has 0 radical (unpaired) electrons. The minimum atomic E-state index is -0.0767. The number of anilines is 1. The topological polar surface area (TPSA) is 52.3 Å². The molecule has 2 rings (SSSR count). The number of ketones is 1. The van der Waals surface area contributed by atoms with E-state index < -0.39 is 0 Å². The number of halogens is 1. The highest BCUT2D eigenvalue weighted by Crippen LogP contribution is 2.27. The van der Waals surface area contributed by atoms with E-state index in [0.29, 0.717) is 22.0 Å². The molecule has 4 heteroatoms. The smallest absolute Gasteiger partial charge is 0.169 e. The molecule has 20 heavy (non-hydrogen) atoms. The number of nitrogen functional groups attached to an aromatic ring is 1. The van der Waals surface area contributed by atoms with E-state index in [1.807, 2.05) is 25.1 Å². The minimum absolute atomic E-state index is 0.0767. The molecule has 0 saturated heterocycles. The van der Waals surface area contributed by atoms with Crippen molar-refractivity contribution in [1.82, 2.24) is 0 Å². The van der Waals surface area contributed by atoms with Crippen LogP contribution in [0, 0.1) is 6.92 Å². The van der Waals surface area contributed by atoms with Gasteiger partial charge in [0.1, 0.15) is 5.75 Å². The van der Waals surface area contributed by atoms with Gasteiger partial charge in [-0.2, -0.15) is 0 Å². The number of carbonyl (C=O) groups is 1. The fraction of sp³-hybridized carbons (Fsp3) is 0.188. The fourth-order valence-corrected chi connectivity index (χ4v) is 2.33. The van der Waals surface area contributed by atoms with Crippen molar-refractivity contribution in [2.75, 3.05) is 12.8 Å². The Hall–Kier alpha value is -2.00. The summed E-state index contributed by atoms with van der Waals surface area (Å²) in [7, 11) is 1.52. The first-order valence-electron chi connectivity index (χ1n) is 6.23. The van der Waals surface area contributed by atoms with E-state index in [1.54, 1.807) is 18.2 Å². The number of nitrogens with two attached hydrogens (primary N) is 1. The Morgan fingerprint density at radius 1 is 1.30 bits per heavy atom. The van der Waals surface area contributed by atoms with Crippen LogP contribution in [0.1, 0.15) is 21.5 Å². The van der Waals surface area contributed by atoms with Crippen LogP contribution in [0.3, 0.4) is 0 Å². The monoisotopic (exact) mass is 289 g/mol. The maximum absolute atomic E-state index is 12.3. The third-order valence-electron chi connectivity index (χ3n) is 3.15. The molecule has 2 aromatic carbocycles. The van der Waals surface area contributed by atoms with E-state index in [2.05, 4.69) is 0 Å². The van der Waals surface area contributed by atoms with Crippen LogP contribution in [0.5, 0.6) is 5.75 Å². The minimum Gasteiger partial charge on any atom is -0.495 e. The molecule has 0 unspecified atom stereocenters. The van der Waals surface area contributed by atoms with Crippen LogP contribution in [0.25, 0.3) is 0 Å². The standard InChI is InChI=1S/C16H16ClNO2/c1-10-6-7-11(13(17)8-10)9-14(19)12-4-3-5-15(20-2)16(12)18/h3-8H,9,18H2,1-2H3. The molecule has 0 amide bonds. The predicted molar refractivity (Wildman–Crippen MR) is 81.6 cm³/mol. The van der Waals surface area contributed by atoms with Crippen molar-refractivity contribution in [3.8, 4) is 5.75 Å². The Labute approximate surface area is 123 Å². The summed E-state index contributed by atoms with van der Waals surface area (Å²) in [4.78, 5) is 12.3. The number of benzene rings is 2. The summed E-state index contributed by atoms with van der Waals surface area (Å²) in [5.74, 6) is 0.429. The van der Waals surface area contributed by atoms with Crippen LogP contribution in [0.4, 0.5) is 5.69 Å². The van der Waals surface area contributed by atoms with Crippen LogP contribution in [-0.2, 0) is 6.42 Å². The Bertz CT molecular complexity index is 653. The SMILES string of the molecule is COc1cccc(C(=O)Cc2ccc(C)cc2Cl)c1N. The molecule has 104 valence electrons. The van der Waals surface area contributed by atoms with Gasteiger partial charge in [-0.3, -0.25) is 4.79 Å². The Kier molecular flexibility index (Phi) is 4.30. The number of ether oxygens (including phenoxy) is 1. The van der Waals surface area contributed by atoms with E-state index >= 15 is 0 Å². The molecule has 0 aliphatic carbocycles. The zero-order chi connectivity index (χ0) is 14.7. The zero-order valence-corrected chi connectivity index (χ0v) is 12.2. The first-order chi connectivity index (χ1) is 9.52. The van der Waals surface area contributed by atoms with Gasteiger partial charge in [0, 0.05) is 17.0 Å². The summed E-state index contributed by atoms with van der Waals surface area (Å²) in [5.41, 5.74) is 8.61. The average molecular weight is 290 g/mol. The maximum atomic E-state index is 12.3. The van der Waals surface area contributed by atoms with E-state index in [1.165, 1.54) is 7.11 Å². The normalized spacial score (nSPS) is 10.3. The fourth-order valence-electron chi connectivity index (χ4n) is 2.03. The van der Waals surface area contributed by atoms with E-state index in [-0.39, 0.29) is 12.2 Å². The van der Waals surface area contributed by atoms with Crippen molar-refractivity contribution in [1.29, 1.82) is 0 Å². The van der Waals surface area contributed by atoms with Crippen molar-refractivity contribution >= 4 is 23.1 Å². The second-order valence-corrected chi connectivity index (χ2v) is 5.02. The Morgan fingerprint density at radius 3 is 2.70 bits per heavy atom. The van der Waals surface area contributed by atoms with Crippen molar-refractivity contribution in [2.45, 2.75) is 13.3 Å². The summed E-state index contributed by atoms with van der Waals surface area (Å²) in [6.45, 7) is 1.96. The van der Waals surface area contributed by atoms with Crippen LogP contribution < -0.4 is 10.5 Å². The lowest BCUT2D eigenvalue weighted by Crippen LogP contribution is -2.08. The molecule has 0 atom stereocenters. The maximum Gasteiger partial charge on any atom is 0.169 e. The van der Waals surface area contributed by atoms with Gasteiger partial charge in [0.2, 0.25) is 0 Å². The molecule has 3 nitrogen and oxygen atoms in total. The highest BCUT2D eigenvalue weighted by Gasteiger charge is 2.14.